The van der Waals surface area contributed by atoms with E-state index in [9.17, 15) is 5.26 Å². The first-order valence-electron chi connectivity index (χ1n) is 18.8. The topological polar surface area (TPSA) is 75.6 Å². The zero-order chi connectivity index (χ0) is 38.1. The molecule has 0 spiro atoms. The van der Waals surface area contributed by atoms with Crippen molar-refractivity contribution < 1.29 is 4.42 Å². The second kappa shape index (κ2) is 14.4. The molecule has 0 fully saturated rings. The minimum Gasteiger partial charge on any atom is -0.456 e. The summed E-state index contributed by atoms with van der Waals surface area (Å²) in [6.45, 7) is 0. The van der Waals surface area contributed by atoms with Crippen molar-refractivity contribution >= 4 is 21.9 Å². The fourth-order valence-corrected chi connectivity index (χ4v) is 7.56. The summed E-state index contributed by atoms with van der Waals surface area (Å²) >= 11 is 0. The summed E-state index contributed by atoms with van der Waals surface area (Å²) in [7, 11) is 0. The van der Waals surface area contributed by atoms with Crippen LogP contribution in [0.1, 0.15) is 5.56 Å². The van der Waals surface area contributed by atoms with E-state index in [-0.39, 0.29) is 0 Å². The number of hydrogen-bond donors (Lipinski definition) is 0. The fraction of sp³-hybridized carbons (Fsp3) is 0. The molecule has 2 heterocycles. The highest BCUT2D eigenvalue weighted by molar-refractivity contribution is 6.13. The average Bonchev–Trinajstić information content (AvgIpc) is 3.68. The van der Waals surface area contributed by atoms with Crippen LogP contribution in [0.15, 0.2) is 199 Å². The summed E-state index contributed by atoms with van der Waals surface area (Å²) in [6.07, 6.45) is 0. The average molecular weight is 729 g/mol. The number of hydrogen-bond acceptors (Lipinski definition) is 5. The highest BCUT2D eigenvalue weighted by atomic mass is 16.3. The maximum atomic E-state index is 9.34. The molecule has 57 heavy (non-hydrogen) atoms. The summed E-state index contributed by atoms with van der Waals surface area (Å²) in [5.41, 5.74) is 13.5. The van der Waals surface area contributed by atoms with E-state index in [0.29, 0.717) is 23.0 Å². The zero-order valence-corrected chi connectivity index (χ0v) is 30.7. The lowest BCUT2D eigenvalue weighted by molar-refractivity contribution is 0.669. The molecule has 0 aliphatic heterocycles. The number of nitriles is 1. The van der Waals surface area contributed by atoms with Crippen molar-refractivity contribution in [2.24, 2.45) is 0 Å². The van der Waals surface area contributed by atoms with Crippen molar-refractivity contribution in [1.82, 2.24) is 15.0 Å². The quantitative estimate of drug-likeness (QED) is 0.163. The predicted molar refractivity (Wildman–Crippen MR) is 230 cm³/mol. The lowest BCUT2D eigenvalue weighted by Gasteiger charge is -2.12. The predicted octanol–water partition coefficient (Wildman–Crippen LogP) is 13.3. The largest absolute Gasteiger partial charge is 0.456 e. The Bertz CT molecular complexity index is 3110. The Labute approximate surface area is 329 Å². The van der Waals surface area contributed by atoms with Gasteiger partial charge in [0.2, 0.25) is 0 Å². The molecule has 0 radical (unpaired) electrons. The first kappa shape index (κ1) is 33.6. The Morgan fingerprint density at radius 1 is 0.351 bits per heavy atom. The molecule has 5 nitrogen and oxygen atoms in total. The van der Waals surface area contributed by atoms with Crippen LogP contribution in [0.3, 0.4) is 0 Å². The molecule has 2 aromatic heterocycles. The highest BCUT2D eigenvalue weighted by Gasteiger charge is 2.18. The van der Waals surface area contributed by atoms with Gasteiger partial charge in [0.25, 0.3) is 0 Å². The van der Waals surface area contributed by atoms with Gasteiger partial charge >= 0.3 is 0 Å². The van der Waals surface area contributed by atoms with Crippen molar-refractivity contribution in [2.45, 2.75) is 0 Å². The van der Waals surface area contributed by atoms with Crippen molar-refractivity contribution in [2.75, 3.05) is 0 Å². The Hall–Kier alpha value is -7.94. The Morgan fingerprint density at radius 3 is 1.58 bits per heavy atom. The van der Waals surface area contributed by atoms with Crippen LogP contribution in [-0.4, -0.2) is 15.0 Å². The van der Waals surface area contributed by atoms with Gasteiger partial charge in [0.1, 0.15) is 11.2 Å². The van der Waals surface area contributed by atoms with Gasteiger partial charge in [-0.2, -0.15) is 5.26 Å². The van der Waals surface area contributed by atoms with Gasteiger partial charge in [-0.3, -0.25) is 0 Å². The summed E-state index contributed by atoms with van der Waals surface area (Å²) in [6, 6.07) is 68.1. The number of aromatic nitrogens is 3. The maximum Gasteiger partial charge on any atom is 0.164 e. The van der Waals surface area contributed by atoms with Gasteiger partial charge in [0, 0.05) is 27.5 Å². The first-order valence-corrected chi connectivity index (χ1v) is 18.8. The Kier molecular flexibility index (Phi) is 8.48. The van der Waals surface area contributed by atoms with Crippen LogP contribution in [0.4, 0.5) is 0 Å². The fourth-order valence-electron chi connectivity index (χ4n) is 7.56. The number of furan rings is 1. The third kappa shape index (κ3) is 6.42. The second-order valence-electron chi connectivity index (χ2n) is 13.9. The second-order valence-corrected chi connectivity index (χ2v) is 13.9. The molecular weight excluding hydrogens is 697 g/mol. The van der Waals surface area contributed by atoms with E-state index < -0.39 is 0 Å². The van der Waals surface area contributed by atoms with Gasteiger partial charge in [-0.1, -0.05) is 158 Å². The standard InChI is InChI=1S/C52H32N4O/c53-33-34-21-23-37(24-22-34)40-15-9-16-41(31-40)50-54-51(56-52(55-50)45-18-8-7-17-43(45)38-13-5-2-6-14-38)42-29-30-46-48(32-42)57-47-20-10-19-44(49(46)47)39-27-25-36(26-28-39)35-11-3-1-4-12-35/h1-32H. The van der Waals surface area contributed by atoms with E-state index in [4.69, 9.17) is 19.4 Å². The van der Waals surface area contributed by atoms with E-state index in [1.54, 1.807) is 0 Å². The van der Waals surface area contributed by atoms with Crippen LogP contribution in [0, 0.1) is 11.3 Å². The molecule has 0 saturated heterocycles. The van der Waals surface area contributed by atoms with Crippen molar-refractivity contribution in [3.8, 4) is 84.7 Å². The Morgan fingerprint density at radius 2 is 0.842 bits per heavy atom. The highest BCUT2D eigenvalue weighted by Crippen LogP contribution is 2.39. The van der Waals surface area contributed by atoms with Gasteiger partial charge in [0.05, 0.1) is 11.6 Å². The molecule has 0 saturated carbocycles. The molecule has 5 heteroatoms. The number of nitrogens with zero attached hydrogens (tertiary/aromatic N) is 4. The summed E-state index contributed by atoms with van der Waals surface area (Å²) in [5, 5.41) is 11.4. The van der Waals surface area contributed by atoms with Crippen molar-refractivity contribution in [3.05, 3.63) is 200 Å². The van der Waals surface area contributed by atoms with Gasteiger partial charge in [-0.15, -0.1) is 0 Å². The normalized spacial score (nSPS) is 11.1. The van der Waals surface area contributed by atoms with Crippen LogP contribution in [-0.2, 0) is 0 Å². The molecule has 266 valence electrons. The molecule has 0 N–H and O–H groups in total. The molecule has 10 aromatic rings. The van der Waals surface area contributed by atoms with Crippen LogP contribution in [0.5, 0.6) is 0 Å². The summed E-state index contributed by atoms with van der Waals surface area (Å²) in [5.74, 6) is 1.67. The minimum atomic E-state index is 0.542. The van der Waals surface area contributed by atoms with E-state index in [2.05, 4.69) is 109 Å². The molecule has 0 aliphatic carbocycles. The van der Waals surface area contributed by atoms with E-state index in [1.165, 1.54) is 11.1 Å². The number of rotatable bonds is 7. The molecule has 8 aromatic carbocycles. The molecule has 0 bridgehead atoms. The smallest absolute Gasteiger partial charge is 0.164 e. The Balaban J connectivity index is 1.10. The number of benzene rings is 8. The van der Waals surface area contributed by atoms with Crippen LogP contribution in [0.25, 0.3) is 101 Å². The van der Waals surface area contributed by atoms with Gasteiger partial charge in [-0.05, 0) is 80.9 Å². The minimum absolute atomic E-state index is 0.542. The third-order valence-corrected chi connectivity index (χ3v) is 10.4. The lowest BCUT2D eigenvalue weighted by Crippen LogP contribution is -2.01. The molecule has 0 unspecified atom stereocenters. The molecular formula is C52H32N4O. The van der Waals surface area contributed by atoms with Crippen LogP contribution in [0.2, 0.25) is 0 Å². The molecule has 10 rings (SSSR count). The molecule has 0 atom stereocenters. The summed E-state index contributed by atoms with van der Waals surface area (Å²) in [4.78, 5) is 15.4. The number of fused-ring (bicyclic) bond motifs is 3. The maximum absolute atomic E-state index is 9.34. The first-order chi connectivity index (χ1) is 28.2. The van der Waals surface area contributed by atoms with E-state index >= 15 is 0 Å². The third-order valence-electron chi connectivity index (χ3n) is 10.4. The molecule has 0 aliphatic rings. The van der Waals surface area contributed by atoms with Crippen molar-refractivity contribution in [1.29, 1.82) is 5.26 Å². The van der Waals surface area contributed by atoms with E-state index in [0.717, 1.165) is 72.0 Å². The monoisotopic (exact) mass is 728 g/mol. The SMILES string of the molecule is N#Cc1ccc(-c2cccc(-c3nc(-c4ccc5c(c4)oc4cccc(-c6ccc(-c7ccccc7)cc6)c45)nc(-c4ccccc4-c4ccccc4)n3)c2)cc1. The molecule has 0 amide bonds. The zero-order valence-electron chi connectivity index (χ0n) is 30.7. The van der Waals surface area contributed by atoms with Crippen LogP contribution >= 0.6 is 0 Å². The van der Waals surface area contributed by atoms with Gasteiger partial charge in [0.15, 0.2) is 17.5 Å². The van der Waals surface area contributed by atoms with Crippen LogP contribution < -0.4 is 0 Å². The lowest BCUT2D eigenvalue weighted by atomic mass is 9.96. The summed E-state index contributed by atoms with van der Waals surface area (Å²) < 4.78 is 6.57. The van der Waals surface area contributed by atoms with Gasteiger partial charge in [-0.25, -0.2) is 15.0 Å². The van der Waals surface area contributed by atoms with E-state index in [1.807, 2.05) is 91.0 Å². The van der Waals surface area contributed by atoms with Gasteiger partial charge < -0.3 is 4.42 Å². The van der Waals surface area contributed by atoms with Crippen molar-refractivity contribution in [3.63, 3.8) is 0 Å².